The molecule has 1 aliphatic heterocycles. The van der Waals surface area contributed by atoms with Gasteiger partial charge >= 0.3 is 0 Å². The average Bonchev–Trinajstić information content (AvgIpc) is 2.59. The van der Waals surface area contributed by atoms with E-state index in [1.165, 1.54) is 0 Å². The number of aryl methyl sites for hydroxylation is 1. The van der Waals surface area contributed by atoms with Gasteiger partial charge in [-0.3, -0.25) is 4.79 Å². The summed E-state index contributed by atoms with van der Waals surface area (Å²) in [6, 6.07) is 4.28. The van der Waals surface area contributed by atoms with Crippen LogP contribution in [0.5, 0.6) is 0 Å². The second-order valence-corrected chi connectivity index (χ2v) is 4.53. The zero-order valence-corrected chi connectivity index (χ0v) is 11.4. The number of hydrogen-bond acceptors (Lipinski definition) is 2. The Hall–Kier alpha value is -1.00. The molecule has 1 fully saturated rings. The summed E-state index contributed by atoms with van der Waals surface area (Å²) in [6.07, 6.45) is 0. The van der Waals surface area contributed by atoms with Crippen molar-refractivity contribution in [1.82, 2.24) is 14.8 Å². The number of hydrogen-bond donors (Lipinski definition) is 1. The van der Waals surface area contributed by atoms with Crippen LogP contribution in [0.2, 0.25) is 0 Å². The summed E-state index contributed by atoms with van der Waals surface area (Å²) in [5.74, 6) is 0.143. The van der Waals surface area contributed by atoms with Gasteiger partial charge in [-0.05, 0) is 26.0 Å². The van der Waals surface area contributed by atoms with Crippen molar-refractivity contribution in [3.63, 3.8) is 0 Å². The third kappa shape index (κ3) is 2.82. The van der Waals surface area contributed by atoms with E-state index in [0.29, 0.717) is 6.04 Å². The highest BCUT2D eigenvalue weighted by Crippen LogP contribution is 2.10. The van der Waals surface area contributed by atoms with Crippen molar-refractivity contribution in [3.05, 3.63) is 23.5 Å². The molecule has 2 rings (SSSR count). The Bertz CT molecular complexity index is 402. The van der Waals surface area contributed by atoms with E-state index >= 15 is 0 Å². The average molecular weight is 258 g/mol. The predicted molar refractivity (Wildman–Crippen MR) is 70.8 cm³/mol. The van der Waals surface area contributed by atoms with Crippen molar-refractivity contribution in [2.24, 2.45) is 7.05 Å². The van der Waals surface area contributed by atoms with Gasteiger partial charge in [0.1, 0.15) is 5.69 Å². The maximum Gasteiger partial charge on any atom is 0.270 e. The largest absolute Gasteiger partial charge is 0.344 e. The fourth-order valence-electron chi connectivity index (χ4n) is 2.11. The van der Waals surface area contributed by atoms with Gasteiger partial charge in [-0.15, -0.1) is 12.4 Å². The highest BCUT2D eigenvalue weighted by atomic mass is 35.5. The molecule has 1 aromatic rings. The normalized spacial score (nSPS) is 19.9. The van der Waals surface area contributed by atoms with Crippen molar-refractivity contribution in [2.45, 2.75) is 19.9 Å². The molecule has 1 amide bonds. The molecule has 1 atom stereocenters. The smallest absolute Gasteiger partial charge is 0.270 e. The van der Waals surface area contributed by atoms with Crippen molar-refractivity contribution >= 4 is 18.3 Å². The Morgan fingerprint density at radius 1 is 1.47 bits per heavy atom. The Balaban J connectivity index is 0.00000144. The first-order valence-electron chi connectivity index (χ1n) is 5.74. The van der Waals surface area contributed by atoms with Crippen LogP contribution in [0.4, 0.5) is 0 Å². The maximum atomic E-state index is 12.3. The number of nitrogens with one attached hydrogen (secondary N) is 1. The van der Waals surface area contributed by atoms with E-state index in [2.05, 4.69) is 12.2 Å². The van der Waals surface area contributed by atoms with Crippen molar-refractivity contribution in [3.8, 4) is 0 Å². The summed E-state index contributed by atoms with van der Waals surface area (Å²) in [4.78, 5) is 14.2. The Morgan fingerprint density at radius 2 is 2.18 bits per heavy atom. The van der Waals surface area contributed by atoms with Gasteiger partial charge in [0.15, 0.2) is 0 Å². The number of rotatable bonds is 1. The van der Waals surface area contributed by atoms with Gasteiger partial charge < -0.3 is 14.8 Å². The molecular formula is C12H20ClN3O. The van der Waals surface area contributed by atoms with Gasteiger partial charge in [0.25, 0.3) is 5.91 Å². The summed E-state index contributed by atoms with van der Waals surface area (Å²) in [5, 5.41) is 3.34. The molecule has 96 valence electrons. The molecule has 1 aromatic heterocycles. The van der Waals surface area contributed by atoms with E-state index in [4.69, 9.17) is 0 Å². The van der Waals surface area contributed by atoms with E-state index in [0.717, 1.165) is 31.0 Å². The molecule has 2 heterocycles. The fourth-order valence-corrected chi connectivity index (χ4v) is 2.11. The summed E-state index contributed by atoms with van der Waals surface area (Å²) < 4.78 is 1.95. The first-order chi connectivity index (χ1) is 7.59. The number of carbonyl (C=O) groups excluding carboxylic acids is 1. The first-order valence-corrected chi connectivity index (χ1v) is 5.74. The molecule has 1 N–H and O–H groups in total. The molecule has 4 nitrogen and oxygen atoms in total. The van der Waals surface area contributed by atoms with E-state index in [1.807, 2.05) is 35.6 Å². The van der Waals surface area contributed by atoms with Gasteiger partial charge in [0, 0.05) is 38.4 Å². The highest BCUT2D eigenvalue weighted by molar-refractivity contribution is 5.93. The number of aromatic nitrogens is 1. The van der Waals surface area contributed by atoms with Crippen LogP contribution in [-0.4, -0.2) is 41.1 Å². The number of halogens is 1. The van der Waals surface area contributed by atoms with Crippen LogP contribution in [0, 0.1) is 6.92 Å². The van der Waals surface area contributed by atoms with E-state index in [1.54, 1.807) is 0 Å². The number of carbonyl (C=O) groups is 1. The fraction of sp³-hybridized carbons (Fsp3) is 0.583. The lowest BCUT2D eigenvalue weighted by molar-refractivity contribution is 0.0699. The van der Waals surface area contributed by atoms with Crippen LogP contribution in [0.25, 0.3) is 0 Å². The molecule has 0 unspecified atom stereocenters. The molecule has 17 heavy (non-hydrogen) atoms. The molecule has 0 aliphatic carbocycles. The van der Waals surface area contributed by atoms with Crippen LogP contribution < -0.4 is 5.32 Å². The van der Waals surface area contributed by atoms with Crippen molar-refractivity contribution < 1.29 is 4.79 Å². The molecular weight excluding hydrogens is 238 g/mol. The minimum Gasteiger partial charge on any atom is -0.344 e. The lowest BCUT2D eigenvalue weighted by Gasteiger charge is -2.32. The Kier molecular flexibility index (Phi) is 4.60. The lowest BCUT2D eigenvalue weighted by Crippen LogP contribution is -2.51. The minimum atomic E-state index is 0. The number of nitrogens with zero attached hydrogens (tertiary/aromatic N) is 2. The summed E-state index contributed by atoms with van der Waals surface area (Å²) >= 11 is 0. The third-order valence-corrected chi connectivity index (χ3v) is 3.25. The van der Waals surface area contributed by atoms with Crippen LogP contribution in [0.15, 0.2) is 12.1 Å². The molecule has 1 aliphatic rings. The molecule has 0 saturated carbocycles. The zero-order chi connectivity index (χ0) is 11.7. The van der Waals surface area contributed by atoms with Gasteiger partial charge in [-0.1, -0.05) is 0 Å². The zero-order valence-electron chi connectivity index (χ0n) is 10.6. The van der Waals surface area contributed by atoms with Crippen LogP contribution in [-0.2, 0) is 7.05 Å². The van der Waals surface area contributed by atoms with E-state index in [9.17, 15) is 4.79 Å². The van der Waals surface area contributed by atoms with Crippen molar-refractivity contribution in [2.75, 3.05) is 19.6 Å². The molecule has 1 saturated heterocycles. The van der Waals surface area contributed by atoms with Crippen molar-refractivity contribution in [1.29, 1.82) is 0 Å². The van der Waals surface area contributed by atoms with E-state index in [-0.39, 0.29) is 18.3 Å². The van der Waals surface area contributed by atoms with Gasteiger partial charge in [0.2, 0.25) is 0 Å². The quantitative estimate of drug-likeness (QED) is 0.821. The SMILES string of the molecule is Cc1ccc(C(=O)N2CCN[C@@H](C)C2)n1C.Cl. The second-order valence-electron chi connectivity index (χ2n) is 4.53. The lowest BCUT2D eigenvalue weighted by atomic mass is 10.2. The summed E-state index contributed by atoms with van der Waals surface area (Å²) in [6.45, 7) is 6.60. The topological polar surface area (TPSA) is 37.3 Å². The monoisotopic (exact) mass is 257 g/mol. The Labute approximate surface area is 108 Å². The molecule has 0 aromatic carbocycles. The van der Waals surface area contributed by atoms with Gasteiger partial charge in [-0.2, -0.15) is 0 Å². The van der Waals surface area contributed by atoms with Crippen LogP contribution >= 0.6 is 12.4 Å². The molecule has 5 heteroatoms. The molecule has 0 radical (unpaired) electrons. The second kappa shape index (κ2) is 5.56. The van der Waals surface area contributed by atoms with Crippen LogP contribution in [0.3, 0.4) is 0 Å². The first kappa shape index (κ1) is 14.1. The molecule has 0 bridgehead atoms. The predicted octanol–water partition coefficient (Wildman–Crippen LogP) is 1.19. The third-order valence-electron chi connectivity index (χ3n) is 3.25. The summed E-state index contributed by atoms with van der Waals surface area (Å²) in [5.41, 5.74) is 1.90. The summed E-state index contributed by atoms with van der Waals surface area (Å²) in [7, 11) is 1.94. The Morgan fingerprint density at radius 3 is 2.71 bits per heavy atom. The van der Waals surface area contributed by atoms with Crippen LogP contribution in [0.1, 0.15) is 23.1 Å². The number of amides is 1. The standard InChI is InChI=1S/C12H19N3O.ClH/c1-9-8-15(7-6-13-9)12(16)11-5-4-10(2)14(11)3;/h4-5,9,13H,6-8H2,1-3H3;1H/t9-;/m0./s1. The molecule has 0 spiro atoms. The van der Waals surface area contributed by atoms with Gasteiger partial charge in [0.05, 0.1) is 0 Å². The minimum absolute atomic E-state index is 0. The maximum absolute atomic E-state index is 12.3. The number of piperazine rings is 1. The van der Waals surface area contributed by atoms with Gasteiger partial charge in [-0.25, -0.2) is 0 Å². The van der Waals surface area contributed by atoms with E-state index < -0.39 is 0 Å². The highest BCUT2D eigenvalue weighted by Gasteiger charge is 2.23.